The van der Waals surface area contributed by atoms with Crippen molar-refractivity contribution in [2.45, 2.75) is 25.6 Å². The molecular formula is C9H11F3N4O. The number of nitrogens with zero attached hydrogens (tertiary/aromatic N) is 3. The van der Waals surface area contributed by atoms with E-state index < -0.39 is 18.0 Å². The predicted molar refractivity (Wildman–Crippen MR) is 50.8 cm³/mol. The number of rotatable bonds is 3. The summed E-state index contributed by atoms with van der Waals surface area (Å²) in [6.07, 6.45) is -2.58. The Balaban J connectivity index is 1.86. The van der Waals surface area contributed by atoms with Crippen LogP contribution >= 0.6 is 0 Å². The number of hydrogen-bond acceptors (Lipinski definition) is 3. The maximum absolute atomic E-state index is 12.2. The Morgan fingerprint density at radius 2 is 2.18 bits per heavy atom. The van der Waals surface area contributed by atoms with Crippen LogP contribution < -0.4 is 5.73 Å². The Morgan fingerprint density at radius 1 is 1.53 bits per heavy atom. The number of halogens is 3. The van der Waals surface area contributed by atoms with Gasteiger partial charge in [0.2, 0.25) is 5.82 Å². The van der Waals surface area contributed by atoms with Crippen LogP contribution in [0.5, 0.6) is 0 Å². The van der Waals surface area contributed by atoms with Gasteiger partial charge in [-0.1, -0.05) is 0 Å². The van der Waals surface area contributed by atoms with E-state index in [1.54, 1.807) is 0 Å². The summed E-state index contributed by atoms with van der Waals surface area (Å²) in [4.78, 5) is 14.4. The summed E-state index contributed by atoms with van der Waals surface area (Å²) in [5.74, 6) is -2.13. The van der Waals surface area contributed by atoms with Crippen molar-refractivity contribution in [3.8, 4) is 0 Å². The van der Waals surface area contributed by atoms with Crippen LogP contribution in [-0.2, 0) is 6.54 Å². The zero-order chi connectivity index (χ0) is 12.6. The molecule has 0 saturated heterocycles. The van der Waals surface area contributed by atoms with Gasteiger partial charge in [-0.15, -0.1) is 5.10 Å². The normalized spacial score (nSPS) is 24.4. The maximum atomic E-state index is 12.2. The Labute approximate surface area is 94.8 Å². The van der Waals surface area contributed by atoms with E-state index in [4.69, 9.17) is 5.73 Å². The average molecular weight is 248 g/mol. The lowest BCUT2D eigenvalue weighted by Gasteiger charge is -2.36. The molecule has 0 radical (unpaired) electrons. The standard InChI is InChI=1S/C9H11F3N4O/c10-9(11,12)6-1-5(2-6)3-16-4-14-8(15-16)7(13)17/h4-6H,1-3H2,(H2,13,17). The molecule has 5 nitrogen and oxygen atoms in total. The molecule has 0 spiro atoms. The molecule has 0 atom stereocenters. The molecule has 17 heavy (non-hydrogen) atoms. The van der Waals surface area contributed by atoms with Crippen molar-refractivity contribution in [3.63, 3.8) is 0 Å². The fourth-order valence-corrected chi connectivity index (χ4v) is 1.91. The first-order valence-electron chi connectivity index (χ1n) is 5.12. The first kappa shape index (κ1) is 11.9. The molecule has 0 unspecified atom stereocenters. The van der Waals surface area contributed by atoms with Crippen LogP contribution in [0.1, 0.15) is 23.5 Å². The second-order valence-electron chi connectivity index (χ2n) is 4.23. The molecule has 0 aromatic carbocycles. The van der Waals surface area contributed by atoms with Gasteiger partial charge in [0.1, 0.15) is 6.33 Å². The van der Waals surface area contributed by atoms with Gasteiger partial charge in [-0.25, -0.2) is 4.98 Å². The monoisotopic (exact) mass is 248 g/mol. The molecule has 1 saturated carbocycles. The minimum atomic E-state index is -4.10. The van der Waals surface area contributed by atoms with Crippen LogP contribution in [0, 0.1) is 11.8 Å². The van der Waals surface area contributed by atoms with Crippen molar-refractivity contribution in [1.29, 1.82) is 0 Å². The Kier molecular flexibility index (Phi) is 2.80. The summed E-state index contributed by atoms with van der Waals surface area (Å²) >= 11 is 0. The summed E-state index contributed by atoms with van der Waals surface area (Å²) in [5.41, 5.74) is 4.96. The molecule has 2 rings (SSSR count). The Hall–Kier alpha value is -1.60. The lowest BCUT2D eigenvalue weighted by Crippen LogP contribution is -2.37. The smallest absolute Gasteiger partial charge is 0.363 e. The number of amides is 1. The molecule has 1 aromatic heterocycles. The van der Waals surface area contributed by atoms with E-state index in [9.17, 15) is 18.0 Å². The highest BCUT2D eigenvalue weighted by Crippen LogP contribution is 2.45. The van der Waals surface area contributed by atoms with Crippen molar-refractivity contribution < 1.29 is 18.0 Å². The highest BCUT2D eigenvalue weighted by Gasteiger charge is 2.47. The van der Waals surface area contributed by atoms with Gasteiger partial charge in [0.25, 0.3) is 5.91 Å². The fraction of sp³-hybridized carbons (Fsp3) is 0.667. The van der Waals surface area contributed by atoms with E-state index in [1.807, 2.05) is 0 Å². The molecule has 1 heterocycles. The second kappa shape index (κ2) is 4.01. The lowest BCUT2D eigenvalue weighted by atomic mass is 9.74. The zero-order valence-corrected chi connectivity index (χ0v) is 8.81. The third kappa shape index (κ3) is 2.56. The molecule has 8 heteroatoms. The Bertz CT molecular complexity index is 422. The molecule has 2 N–H and O–H groups in total. The summed E-state index contributed by atoms with van der Waals surface area (Å²) in [7, 11) is 0. The SMILES string of the molecule is NC(=O)c1ncn(CC2CC(C(F)(F)F)C2)n1. The number of carbonyl (C=O) groups excluding carboxylic acids is 1. The van der Waals surface area contributed by atoms with Gasteiger partial charge in [-0.2, -0.15) is 13.2 Å². The van der Waals surface area contributed by atoms with E-state index in [0.29, 0.717) is 6.54 Å². The first-order valence-corrected chi connectivity index (χ1v) is 5.12. The van der Waals surface area contributed by atoms with Gasteiger partial charge in [-0.05, 0) is 18.8 Å². The minimum absolute atomic E-state index is 0.0657. The molecule has 1 aromatic rings. The average Bonchev–Trinajstić information content (AvgIpc) is 2.56. The molecular weight excluding hydrogens is 237 g/mol. The van der Waals surface area contributed by atoms with E-state index in [0.717, 1.165) is 0 Å². The van der Waals surface area contributed by atoms with E-state index in [2.05, 4.69) is 10.1 Å². The zero-order valence-electron chi connectivity index (χ0n) is 8.81. The van der Waals surface area contributed by atoms with E-state index >= 15 is 0 Å². The largest absolute Gasteiger partial charge is 0.391 e. The fourth-order valence-electron chi connectivity index (χ4n) is 1.91. The summed E-state index contributed by atoms with van der Waals surface area (Å²) in [5, 5.41) is 3.77. The molecule has 0 bridgehead atoms. The van der Waals surface area contributed by atoms with Gasteiger partial charge in [0.05, 0.1) is 5.92 Å². The van der Waals surface area contributed by atoms with E-state index in [-0.39, 0.29) is 24.6 Å². The topological polar surface area (TPSA) is 73.8 Å². The molecule has 1 aliphatic carbocycles. The van der Waals surface area contributed by atoms with Crippen LogP contribution in [0.2, 0.25) is 0 Å². The van der Waals surface area contributed by atoms with Crippen molar-refractivity contribution in [2.24, 2.45) is 17.6 Å². The molecule has 1 aliphatic rings. The van der Waals surface area contributed by atoms with Crippen LogP contribution in [0.3, 0.4) is 0 Å². The third-order valence-corrected chi connectivity index (χ3v) is 2.90. The van der Waals surface area contributed by atoms with E-state index in [1.165, 1.54) is 11.0 Å². The van der Waals surface area contributed by atoms with Gasteiger partial charge in [-0.3, -0.25) is 9.48 Å². The molecule has 1 amide bonds. The third-order valence-electron chi connectivity index (χ3n) is 2.90. The van der Waals surface area contributed by atoms with Crippen molar-refractivity contribution in [3.05, 3.63) is 12.2 Å². The second-order valence-corrected chi connectivity index (χ2v) is 4.23. The van der Waals surface area contributed by atoms with Crippen LogP contribution in [0.4, 0.5) is 13.2 Å². The van der Waals surface area contributed by atoms with Gasteiger partial charge in [0, 0.05) is 6.54 Å². The highest BCUT2D eigenvalue weighted by atomic mass is 19.4. The number of hydrogen-bond donors (Lipinski definition) is 1. The van der Waals surface area contributed by atoms with Crippen molar-refractivity contribution >= 4 is 5.91 Å². The number of alkyl halides is 3. The number of carbonyl (C=O) groups is 1. The van der Waals surface area contributed by atoms with Crippen LogP contribution in [0.15, 0.2) is 6.33 Å². The van der Waals surface area contributed by atoms with Gasteiger partial charge < -0.3 is 5.73 Å². The number of aromatic nitrogens is 3. The molecule has 1 fully saturated rings. The van der Waals surface area contributed by atoms with Crippen molar-refractivity contribution in [1.82, 2.24) is 14.8 Å². The summed E-state index contributed by atoms with van der Waals surface area (Å²) in [6.45, 7) is 0.340. The van der Waals surface area contributed by atoms with Crippen LogP contribution in [0.25, 0.3) is 0 Å². The highest BCUT2D eigenvalue weighted by molar-refractivity contribution is 5.88. The lowest BCUT2D eigenvalue weighted by molar-refractivity contribution is -0.205. The van der Waals surface area contributed by atoms with Gasteiger partial charge >= 0.3 is 6.18 Å². The van der Waals surface area contributed by atoms with Gasteiger partial charge in [0.15, 0.2) is 0 Å². The molecule has 0 aliphatic heterocycles. The number of nitrogens with two attached hydrogens (primary N) is 1. The van der Waals surface area contributed by atoms with Crippen molar-refractivity contribution in [2.75, 3.05) is 0 Å². The number of primary amides is 1. The van der Waals surface area contributed by atoms with Crippen LogP contribution in [-0.4, -0.2) is 26.8 Å². The maximum Gasteiger partial charge on any atom is 0.391 e. The Morgan fingerprint density at radius 3 is 2.65 bits per heavy atom. The first-order chi connectivity index (χ1) is 7.86. The predicted octanol–water partition coefficient (Wildman–Crippen LogP) is 0.965. The summed E-state index contributed by atoms with van der Waals surface area (Å²) in [6, 6.07) is 0. The molecule has 94 valence electrons. The minimum Gasteiger partial charge on any atom is -0.363 e. The quantitative estimate of drug-likeness (QED) is 0.865. The summed E-state index contributed by atoms with van der Waals surface area (Å²) < 4.78 is 38.0.